The van der Waals surface area contributed by atoms with Crippen molar-refractivity contribution >= 4 is 46.8 Å². The number of nitrogens with one attached hydrogen (secondary N) is 2. The van der Waals surface area contributed by atoms with E-state index in [2.05, 4.69) is 22.8 Å². The summed E-state index contributed by atoms with van der Waals surface area (Å²) >= 11 is 1.66. The van der Waals surface area contributed by atoms with Gasteiger partial charge in [-0.15, -0.1) is 11.8 Å². The molecule has 1 aliphatic heterocycles. The van der Waals surface area contributed by atoms with Crippen LogP contribution in [-0.2, 0) is 11.2 Å². The standard InChI is InChI=1S/C30H31FN4O4S/c1-2-3-4-17-35-26-16-15-24(40-18-5-6-20-7-9-21(10-8-20)29(37)38)19-25(26)27(28(35)36)33-34-30(39)32-23-13-11-22(31)12-14-23/h7-16,19H,2-6,17-18H2,1H3,(H,37,38)(H2,32,34,39). The number of carbonyl (C=O) groups is 3. The van der Waals surface area contributed by atoms with Gasteiger partial charge in [-0.2, -0.15) is 5.10 Å². The van der Waals surface area contributed by atoms with Gasteiger partial charge in [-0.3, -0.25) is 4.79 Å². The first-order valence-corrected chi connectivity index (χ1v) is 14.2. The molecule has 0 saturated carbocycles. The molecular formula is C30H31FN4O4S. The third-order valence-corrected chi connectivity index (χ3v) is 7.48. The van der Waals surface area contributed by atoms with Crippen molar-refractivity contribution < 1.29 is 23.9 Å². The Morgan fingerprint density at radius 2 is 1.75 bits per heavy atom. The van der Waals surface area contributed by atoms with Gasteiger partial charge in [0, 0.05) is 22.7 Å². The second-order valence-electron chi connectivity index (χ2n) is 9.33. The summed E-state index contributed by atoms with van der Waals surface area (Å²) in [6, 6.07) is 17.4. The number of anilines is 2. The van der Waals surface area contributed by atoms with E-state index in [0.29, 0.717) is 17.8 Å². The maximum atomic E-state index is 13.3. The largest absolute Gasteiger partial charge is 0.478 e. The Labute approximate surface area is 236 Å². The number of nitrogens with zero attached hydrogens (tertiary/aromatic N) is 2. The molecule has 0 atom stereocenters. The maximum Gasteiger partial charge on any atom is 0.339 e. The monoisotopic (exact) mass is 562 g/mol. The van der Waals surface area contributed by atoms with E-state index in [1.165, 1.54) is 24.3 Å². The number of halogens is 1. The van der Waals surface area contributed by atoms with Crippen LogP contribution in [0.25, 0.3) is 0 Å². The Kier molecular flexibility index (Phi) is 9.91. The number of aromatic carboxylic acids is 1. The van der Waals surface area contributed by atoms with Gasteiger partial charge in [0.25, 0.3) is 5.91 Å². The number of urea groups is 1. The molecule has 1 heterocycles. The minimum Gasteiger partial charge on any atom is -0.478 e. The molecule has 0 aromatic heterocycles. The van der Waals surface area contributed by atoms with Gasteiger partial charge in [-0.05, 0) is 85.2 Å². The molecule has 3 amide bonds. The van der Waals surface area contributed by atoms with Crippen molar-refractivity contribution in [2.75, 3.05) is 22.5 Å². The molecule has 0 aliphatic carbocycles. The first kappa shape index (κ1) is 28.8. The van der Waals surface area contributed by atoms with Crippen LogP contribution in [0.3, 0.4) is 0 Å². The lowest BCUT2D eigenvalue weighted by molar-refractivity contribution is -0.112. The minimum atomic E-state index is -0.937. The van der Waals surface area contributed by atoms with Crippen molar-refractivity contribution in [1.82, 2.24) is 5.43 Å². The predicted octanol–water partition coefficient (Wildman–Crippen LogP) is 6.31. The van der Waals surface area contributed by atoms with E-state index in [9.17, 15) is 18.8 Å². The van der Waals surface area contributed by atoms with E-state index < -0.39 is 17.8 Å². The van der Waals surface area contributed by atoms with Gasteiger partial charge in [0.15, 0.2) is 5.71 Å². The highest BCUT2D eigenvalue weighted by atomic mass is 32.2. The number of fused-ring (bicyclic) bond motifs is 1. The summed E-state index contributed by atoms with van der Waals surface area (Å²) in [6.45, 7) is 2.67. The van der Waals surface area contributed by atoms with Crippen LogP contribution in [0.5, 0.6) is 0 Å². The van der Waals surface area contributed by atoms with Gasteiger partial charge in [0.05, 0.1) is 11.3 Å². The number of rotatable bonds is 12. The highest BCUT2D eigenvalue weighted by Crippen LogP contribution is 2.33. The van der Waals surface area contributed by atoms with Crippen LogP contribution >= 0.6 is 11.8 Å². The molecule has 3 aromatic carbocycles. The summed E-state index contributed by atoms with van der Waals surface area (Å²) in [5.41, 5.74) is 5.75. The number of hydrogen-bond donors (Lipinski definition) is 3. The number of carbonyl (C=O) groups excluding carboxylic acids is 2. The second-order valence-corrected chi connectivity index (χ2v) is 10.5. The molecule has 208 valence electrons. The van der Waals surface area contributed by atoms with Gasteiger partial charge in [0.2, 0.25) is 0 Å². The number of carboxylic acid groups (broad SMARTS) is 1. The van der Waals surface area contributed by atoms with E-state index in [4.69, 9.17) is 5.11 Å². The fraction of sp³-hybridized carbons (Fsp3) is 0.267. The molecule has 0 fully saturated rings. The van der Waals surface area contributed by atoms with Crippen molar-refractivity contribution in [3.8, 4) is 0 Å². The number of amides is 3. The summed E-state index contributed by atoms with van der Waals surface area (Å²) in [6.07, 6.45) is 4.60. The summed E-state index contributed by atoms with van der Waals surface area (Å²) in [5, 5.41) is 15.8. The topological polar surface area (TPSA) is 111 Å². The molecular weight excluding hydrogens is 531 g/mol. The van der Waals surface area contributed by atoms with E-state index in [0.717, 1.165) is 54.0 Å². The Hall–Kier alpha value is -4.18. The lowest BCUT2D eigenvalue weighted by Crippen LogP contribution is -2.33. The molecule has 1 aliphatic rings. The van der Waals surface area contributed by atoms with Crippen LogP contribution in [0.1, 0.15) is 54.1 Å². The highest BCUT2D eigenvalue weighted by molar-refractivity contribution is 7.99. The molecule has 4 rings (SSSR count). The fourth-order valence-corrected chi connectivity index (χ4v) is 5.20. The van der Waals surface area contributed by atoms with Crippen LogP contribution < -0.4 is 15.6 Å². The Balaban J connectivity index is 1.43. The SMILES string of the molecule is CCCCCN1C(=O)C(=NNC(=O)Nc2ccc(F)cc2)c2cc(SCCCc3ccc(C(=O)O)cc3)ccc21. The fourth-order valence-electron chi connectivity index (χ4n) is 4.31. The minimum absolute atomic E-state index is 0.168. The number of aryl methyl sites for hydroxylation is 1. The van der Waals surface area contributed by atoms with Gasteiger partial charge >= 0.3 is 12.0 Å². The zero-order valence-corrected chi connectivity index (χ0v) is 23.0. The lowest BCUT2D eigenvalue weighted by Gasteiger charge is -2.16. The first-order chi connectivity index (χ1) is 19.4. The van der Waals surface area contributed by atoms with E-state index in [1.807, 2.05) is 30.3 Å². The van der Waals surface area contributed by atoms with Crippen LogP contribution in [0.2, 0.25) is 0 Å². The summed E-state index contributed by atoms with van der Waals surface area (Å²) in [5.74, 6) is -0.781. The van der Waals surface area contributed by atoms with Gasteiger partial charge < -0.3 is 15.3 Å². The smallest absolute Gasteiger partial charge is 0.339 e. The number of unbranched alkanes of at least 4 members (excludes halogenated alkanes) is 2. The Morgan fingerprint density at radius 3 is 2.45 bits per heavy atom. The molecule has 0 saturated heterocycles. The maximum absolute atomic E-state index is 13.3. The van der Waals surface area contributed by atoms with E-state index >= 15 is 0 Å². The average Bonchev–Trinajstić information content (AvgIpc) is 3.21. The predicted molar refractivity (Wildman–Crippen MR) is 156 cm³/mol. The van der Waals surface area contributed by atoms with Crippen molar-refractivity contribution in [2.24, 2.45) is 5.10 Å². The number of hydrogen-bond acceptors (Lipinski definition) is 5. The molecule has 8 nitrogen and oxygen atoms in total. The quantitative estimate of drug-likeness (QED) is 0.136. The highest BCUT2D eigenvalue weighted by Gasteiger charge is 2.34. The van der Waals surface area contributed by atoms with Crippen molar-refractivity contribution in [3.63, 3.8) is 0 Å². The van der Waals surface area contributed by atoms with Gasteiger partial charge in [-0.1, -0.05) is 31.9 Å². The lowest BCUT2D eigenvalue weighted by atomic mass is 10.1. The Morgan fingerprint density at radius 1 is 1.00 bits per heavy atom. The van der Waals surface area contributed by atoms with Crippen molar-refractivity contribution in [3.05, 3.63) is 89.2 Å². The third kappa shape index (κ3) is 7.47. The molecule has 10 heteroatoms. The number of carboxylic acids is 1. The van der Waals surface area contributed by atoms with Crippen LogP contribution in [0, 0.1) is 5.82 Å². The zero-order chi connectivity index (χ0) is 28.5. The van der Waals surface area contributed by atoms with Crippen molar-refractivity contribution in [2.45, 2.75) is 43.9 Å². The molecule has 40 heavy (non-hydrogen) atoms. The molecule has 0 bridgehead atoms. The van der Waals surface area contributed by atoms with Gasteiger partial charge in [0.1, 0.15) is 5.82 Å². The number of thioether (sulfide) groups is 1. The Bertz CT molecular complexity index is 1390. The average molecular weight is 563 g/mol. The summed E-state index contributed by atoms with van der Waals surface area (Å²) in [7, 11) is 0. The second kappa shape index (κ2) is 13.7. The summed E-state index contributed by atoms with van der Waals surface area (Å²) in [4.78, 5) is 39.4. The first-order valence-electron chi connectivity index (χ1n) is 13.2. The zero-order valence-electron chi connectivity index (χ0n) is 22.2. The van der Waals surface area contributed by atoms with Crippen molar-refractivity contribution in [1.29, 1.82) is 0 Å². The van der Waals surface area contributed by atoms with Crippen LogP contribution in [0.4, 0.5) is 20.6 Å². The molecule has 0 spiro atoms. The van der Waals surface area contributed by atoms with Gasteiger partial charge in [-0.25, -0.2) is 19.4 Å². The molecule has 3 aromatic rings. The van der Waals surface area contributed by atoms with E-state index in [1.54, 1.807) is 28.8 Å². The van der Waals surface area contributed by atoms with E-state index in [-0.39, 0.29) is 17.2 Å². The van der Waals surface area contributed by atoms with Crippen LogP contribution in [0.15, 0.2) is 76.7 Å². The number of benzene rings is 3. The summed E-state index contributed by atoms with van der Waals surface area (Å²) < 4.78 is 13.1. The third-order valence-electron chi connectivity index (χ3n) is 6.40. The molecule has 0 radical (unpaired) electrons. The van der Waals surface area contributed by atoms with Crippen LogP contribution in [-0.4, -0.2) is 41.0 Å². The molecule has 0 unspecified atom stereocenters. The molecule has 3 N–H and O–H groups in total. The number of hydrazone groups is 1. The normalized spacial score (nSPS) is 13.4.